The summed E-state index contributed by atoms with van der Waals surface area (Å²) < 4.78 is 5.60. The molecule has 0 saturated carbocycles. The van der Waals surface area contributed by atoms with Gasteiger partial charge in [0.2, 0.25) is 11.8 Å². The second-order valence-corrected chi connectivity index (χ2v) is 8.27. The number of amides is 3. The summed E-state index contributed by atoms with van der Waals surface area (Å²) in [6, 6.07) is 10.6. The number of anilines is 1. The van der Waals surface area contributed by atoms with Crippen LogP contribution in [0.2, 0.25) is 0 Å². The summed E-state index contributed by atoms with van der Waals surface area (Å²) in [5, 5.41) is 5.53. The van der Waals surface area contributed by atoms with Crippen LogP contribution in [0.5, 0.6) is 5.75 Å². The maximum atomic E-state index is 12.5. The summed E-state index contributed by atoms with van der Waals surface area (Å²) in [6.07, 6.45) is 4.87. The first kappa shape index (κ1) is 24.2. The molecule has 0 spiro atoms. The lowest BCUT2D eigenvalue weighted by Crippen LogP contribution is -2.45. The number of ether oxygens (including phenoxy) is 1. The molecule has 2 aromatic rings. The van der Waals surface area contributed by atoms with Gasteiger partial charge in [0.1, 0.15) is 11.6 Å². The molecule has 1 saturated heterocycles. The fourth-order valence-electron chi connectivity index (χ4n) is 3.63. The molecule has 2 N–H and O–H groups in total. The third-order valence-electron chi connectivity index (χ3n) is 5.67. The number of hydrogen-bond acceptors (Lipinski definition) is 5. The minimum absolute atomic E-state index is 0.0718. The molecule has 0 bridgehead atoms. The van der Waals surface area contributed by atoms with Gasteiger partial charge >= 0.3 is 0 Å². The number of likely N-dealkylation sites (tertiary alicyclic amines) is 1. The van der Waals surface area contributed by atoms with E-state index in [0.717, 1.165) is 24.2 Å². The number of nitrogens with one attached hydrogen (secondary N) is 2. The number of nitrogens with zero attached hydrogens (tertiary/aromatic N) is 2. The third-order valence-corrected chi connectivity index (χ3v) is 5.67. The standard InChI is InChI=1S/C25H32N4O4/c1-3-4-15-33-21-7-5-19(6-8-21)24(31)27-17-23(30)29-13-10-20(11-14-29)25(32)28-22-16-18(2)9-12-26-22/h5-9,12,16,20H,3-4,10-11,13-15,17H2,1-2H3,(H,27,31)(H,26,28,32). The Labute approximate surface area is 194 Å². The number of rotatable bonds is 9. The zero-order valence-electron chi connectivity index (χ0n) is 19.3. The lowest BCUT2D eigenvalue weighted by Gasteiger charge is -2.31. The smallest absolute Gasteiger partial charge is 0.251 e. The first-order chi connectivity index (χ1) is 16.0. The van der Waals surface area contributed by atoms with Crippen LogP contribution in [0.1, 0.15) is 48.5 Å². The van der Waals surface area contributed by atoms with Crippen LogP contribution < -0.4 is 15.4 Å². The Morgan fingerprint density at radius 2 is 1.85 bits per heavy atom. The zero-order chi connectivity index (χ0) is 23.6. The van der Waals surface area contributed by atoms with E-state index >= 15 is 0 Å². The van der Waals surface area contributed by atoms with Crippen molar-refractivity contribution in [3.05, 3.63) is 53.7 Å². The van der Waals surface area contributed by atoms with Crippen LogP contribution in [0.25, 0.3) is 0 Å². The highest BCUT2D eigenvalue weighted by molar-refractivity contribution is 5.96. The van der Waals surface area contributed by atoms with Crippen molar-refractivity contribution >= 4 is 23.5 Å². The molecule has 1 aliphatic rings. The van der Waals surface area contributed by atoms with E-state index in [2.05, 4.69) is 22.5 Å². The number of unbranched alkanes of at least 4 members (excludes halogenated alkanes) is 1. The number of benzene rings is 1. The predicted octanol–water partition coefficient (Wildman–Crippen LogP) is 3.18. The Kier molecular flexibility index (Phi) is 8.80. The number of carbonyl (C=O) groups is 3. The fourth-order valence-corrected chi connectivity index (χ4v) is 3.63. The molecule has 8 nitrogen and oxygen atoms in total. The maximum absolute atomic E-state index is 12.5. The van der Waals surface area contributed by atoms with Gasteiger partial charge < -0.3 is 20.3 Å². The van der Waals surface area contributed by atoms with E-state index in [1.807, 2.05) is 19.1 Å². The fraction of sp³-hybridized carbons (Fsp3) is 0.440. The molecule has 3 amide bonds. The van der Waals surface area contributed by atoms with E-state index in [0.29, 0.717) is 43.9 Å². The molecular weight excluding hydrogens is 420 g/mol. The molecule has 0 atom stereocenters. The first-order valence-electron chi connectivity index (χ1n) is 11.5. The van der Waals surface area contributed by atoms with Crippen molar-refractivity contribution in [2.45, 2.75) is 39.5 Å². The molecule has 8 heteroatoms. The molecule has 33 heavy (non-hydrogen) atoms. The lowest BCUT2D eigenvalue weighted by molar-refractivity contribution is -0.133. The average Bonchev–Trinajstić information content (AvgIpc) is 2.83. The highest BCUT2D eigenvalue weighted by Crippen LogP contribution is 2.19. The second-order valence-electron chi connectivity index (χ2n) is 8.27. The van der Waals surface area contributed by atoms with E-state index in [1.54, 1.807) is 35.4 Å². The molecule has 176 valence electrons. The van der Waals surface area contributed by atoms with Crippen molar-refractivity contribution in [3.8, 4) is 5.75 Å². The molecule has 1 aromatic heterocycles. The zero-order valence-corrected chi connectivity index (χ0v) is 19.3. The van der Waals surface area contributed by atoms with Crippen molar-refractivity contribution in [3.63, 3.8) is 0 Å². The third kappa shape index (κ3) is 7.30. The van der Waals surface area contributed by atoms with Gasteiger partial charge in [0.15, 0.2) is 0 Å². The van der Waals surface area contributed by atoms with Crippen LogP contribution in [0, 0.1) is 12.8 Å². The minimum atomic E-state index is -0.302. The number of pyridine rings is 1. The van der Waals surface area contributed by atoms with E-state index in [9.17, 15) is 14.4 Å². The molecule has 3 rings (SSSR count). The number of aromatic nitrogens is 1. The Bertz CT molecular complexity index is 953. The molecule has 1 fully saturated rings. The van der Waals surface area contributed by atoms with Gasteiger partial charge in [0, 0.05) is 30.8 Å². The van der Waals surface area contributed by atoms with Gasteiger partial charge in [-0.25, -0.2) is 4.98 Å². The van der Waals surface area contributed by atoms with Gasteiger partial charge in [0.05, 0.1) is 13.2 Å². The molecule has 1 aliphatic heterocycles. The van der Waals surface area contributed by atoms with Crippen LogP contribution in [0.4, 0.5) is 5.82 Å². The Hall–Kier alpha value is -3.42. The van der Waals surface area contributed by atoms with Crippen LogP contribution >= 0.6 is 0 Å². The van der Waals surface area contributed by atoms with Gasteiger partial charge in [-0.1, -0.05) is 13.3 Å². The first-order valence-corrected chi connectivity index (χ1v) is 11.5. The summed E-state index contributed by atoms with van der Waals surface area (Å²) >= 11 is 0. The Morgan fingerprint density at radius 1 is 1.12 bits per heavy atom. The number of aryl methyl sites for hydroxylation is 1. The van der Waals surface area contributed by atoms with Gasteiger partial charge in [-0.05, 0) is 68.1 Å². The summed E-state index contributed by atoms with van der Waals surface area (Å²) in [5.74, 6) is 0.577. The number of piperidine rings is 1. The SMILES string of the molecule is CCCCOc1ccc(C(=O)NCC(=O)N2CCC(C(=O)Nc3cc(C)ccn3)CC2)cc1. The van der Waals surface area contributed by atoms with Crippen molar-refractivity contribution in [1.29, 1.82) is 0 Å². The minimum Gasteiger partial charge on any atom is -0.494 e. The summed E-state index contributed by atoms with van der Waals surface area (Å²) in [7, 11) is 0. The Balaban J connectivity index is 1.40. The van der Waals surface area contributed by atoms with Crippen molar-refractivity contribution in [2.75, 3.05) is 31.6 Å². The molecule has 2 heterocycles. The van der Waals surface area contributed by atoms with E-state index < -0.39 is 0 Å². The van der Waals surface area contributed by atoms with Crippen molar-refractivity contribution < 1.29 is 19.1 Å². The summed E-state index contributed by atoms with van der Waals surface area (Å²) in [6.45, 7) is 5.59. The van der Waals surface area contributed by atoms with E-state index in [-0.39, 0.29) is 30.2 Å². The number of hydrogen-bond donors (Lipinski definition) is 2. The van der Waals surface area contributed by atoms with E-state index in [1.165, 1.54) is 0 Å². The van der Waals surface area contributed by atoms with Crippen LogP contribution in [-0.4, -0.2) is 53.8 Å². The molecular formula is C25H32N4O4. The van der Waals surface area contributed by atoms with Gasteiger partial charge in [-0.3, -0.25) is 14.4 Å². The normalized spacial score (nSPS) is 13.9. The average molecular weight is 453 g/mol. The highest BCUT2D eigenvalue weighted by Gasteiger charge is 2.27. The Morgan fingerprint density at radius 3 is 2.52 bits per heavy atom. The summed E-state index contributed by atoms with van der Waals surface area (Å²) in [5.41, 5.74) is 1.50. The molecule has 1 aromatic carbocycles. The highest BCUT2D eigenvalue weighted by atomic mass is 16.5. The quantitative estimate of drug-likeness (QED) is 0.569. The summed E-state index contributed by atoms with van der Waals surface area (Å²) in [4.78, 5) is 43.2. The van der Waals surface area contributed by atoms with Crippen LogP contribution in [0.3, 0.4) is 0 Å². The van der Waals surface area contributed by atoms with Gasteiger partial charge in [0.25, 0.3) is 5.91 Å². The molecule has 0 aliphatic carbocycles. The van der Waals surface area contributed by atoms with Gasteiger partial charge in [-0.15, -0.1) is 0 Å². The molecule has 0 radical (unpaired) electrons. The van der Waals surface area contributed by atoms with Crippen LogP contribution in [0.15, 0.2) is 42.6 Å². The largest absolute Gasteiger partial charge is 0.494 e. The van der Waals surface area contributed by atoms with Crippen molar-refractivity contribution in [2.24, 2.45) is 5.92 Å². The lowest BCUT2D eigenvalue weighted by atomic mass is 9.96. The van der Waals surface area contributed by atoms with Crippen LogP contribution in [-0.2, 0) is 9.59 Å². The topological polar surface area (TPSA) is 101 Å². The predicted molar refractivity (Wildman–Crippen MR) is 126 cm³/mol. The van der Waals surface area contributed by atoms with E-state index in [4.69, 9.17) is 4.74 Å². The monoisotopic (exact) mass is 452 g/mol. The second kappa shape index (κ2) is 12.0. The maximum Gasteiger partial charge on any atom is 0.251 e. The van der Waals surface area contributed by atoms with Crippen molar-refractivity contribution in [1.82, 2.24) is 15.2 Å². The molecule has 0 unspecified atom stereocenters. The number of carbonyl (C=O) groups excluding carboxylic acids is 3. The van der Waals surface area contributed by atoms with Gasteiger partial charge in [-0.2, -0.15) is 0 Å².